The number of hydrogen-bond donors (Lipinski definition) is 1. The summed E-state index contributed by atoms with van der Waals surface area (Å²) < 4.78 is 16.8. The van der Waals surface area contributed by atoms with E-state index < -0.39 is 11.4 Å². The van der Waals surface area contributed by atoms with Crippen LogP contribution in [-0.2, 0) is 20.8 Å². The summed E-state index contributed by atoms with van der Waals surface area (Å²) in [6.45, 7) is 6.49. The Bertz CT molecular complexity index is 400. The zero-order valence-electron chi connectivity index (χ0n) is 11.8. The van der Waals surface area contributed by atoms with Crippen LogP contribution in [0.2, 0.25) is 0 Å². The third-order valence-corrected chi connectivity index (χ3v) is 3.21. The molecule has 0 bridgehead atoms. The van der Waals surface area contributed by atoms with E-state index in [1.54, 1.807) is 6.92 Å². The summed E-state index contributed by atoms with van der Waals surface area (Å²) in [5, 5.41) is 10.2. The molecule has 1 saturated heterocycles. The van der Waals surface area contributed by atoms with Crippen molar-refractivity contribution >= 4 is 0 Å². The van der Waals surface area contributed by atoms with Crippen molar-refractivity contribution in [3.63, 3.8) is 0 Å². The van der Waals surface area contributed by atoms with Gasteiger partial charge in [-0.1, -0.05) is 30.3 Å². The lowest BCUT2D eigenvalue weighted by atomic mass is 9.99. The third kappa shape index (κ3) is 4.01. The van der Waals surface area contributed by atoms with Gasteiger partial charge in [-0.05, 0) is 26.3 Å². The van der Waals surface area contributed by atoms with Crippen LogP contribution in [0.4, 0.5) is 0 Å². The van der Waals surface area contributed by atoms with Crippen molar-refractivity contribution in [1.82, 2.24) is 0 Å². The van der Waals surface area contributed by atoms with Crippen LogP contribution in [0.1, 0.15) is 26.3 Å². The van der Waals surface area contributed by atoms with Gasteiger partial charge in [0.15, 0.2) is 5.79 Å². The molecule has 1 N–H and O–H groups in total. The standard InChI is InChI=1S/C15H22O4/c1-14(2)18-11-15(3,16)13(19-14)10-17-9-12-7-5-4-6-8-12/h4-8,13,16H,9-11H2,1-3H3/t13-,15-/m1/s1. The minimum absolute atomic E-state index is 0.249. The van der Waals surface area contributed by atoms with E-state index in [1.807, 2.05) is 44.2 Å². The van der Waals surface area contributed by atoms with E-state index in [0.717, 1.165) is 5.56 Å². The first-order chi connectivity index (χ1) is 8.89. The van der Waals surface area contributed by atoms with E-state index in [0.29, 0.717) is 13.2 Å². The highest BCUT2D eigenvalue weighted by Gasteiger charge is 2.43. The van der Waals surface area contributed by atoms with Crippen LogP contribution < -0.4 is 0 Å². The van der Waals surface area contributed by atoms with Crippen LogP contribution in [0.5, 0.6) is 0 Å². The second-order valence-corrected chi connectivity index (χ2v) is 5.65. The van der Waals surface area contributed by atoms with Crippen molar-refractivity contribution in [2.45, 2.75) is 44.9 Å². The highest BCUT2D eigenvalue weighted by Crippen LogP contribution is 2.29. The van der Waals surface area contributed by atoms with Gasteiger partial charge in [0.2, 0.25) is 0 Å². The van der Waals surface area contributed by atoms with Crippen LogP contribution in [-0.4, -0.2) is 35.8 Å². The fraction of sp³-hybridized carbons (Fsp3) is 0.600. The average molecular weight is 266 g/mol. The molecule has 0 radical (unpaired) electrons. The van der Waals surface area contributed by atoms with Gasteiger partial charge in [-0.25, -0.2) is 0 Å². The summed E-state index contributed by atoms with van der Waals surface area (Å²) in [5.74, 6) is -0.678. The van der Waals surface area contributed by atoms with Crippen molar-refractivity contribution in [3.05, 3.63) is 35.9 Å². The van der Waals surface area contributed by atoms with Crippen molar-refractivity contribution in [2.75, 3.05) is 13.2 Å². The lowest BCUT2D eigenvalue weighted by molar-refractivity contribution is -0.336. The highest BCUT2D eigenvalue weighted by atomic mass is 16.7. The fourth-order valence-corrected chi connectivity index (χ4v) is 1.99. The molecule has 0 saturated carbocycles. The normalized spacial score (nSPS) is 30.2. The third-order valence-electron chi connectivity index (χ3n) is 3.21. The molecule has 4 nitrogen and oxygen atoms in total. The Morgan fingerprint density at radius 3 is 2.63 bits per heavy atom. The predicted octanol–water partition coefficient (Wildman–Crippen LogP) is 2.11. The van der Waals surface area contributed by atoms with Crippen LogP contribution >= 0.6 is 0 Å². The molecule has 2 rings (SSSR count). The first kappa shape index (κ1) is 14.5. The predicted molar refractivity (Wildman–Crippen MR) is 71.6 cm³/mol. The van der Waals surface area contributed by atoms with Crippen LogP contribution in [0.25, 0.3) is 0 Å². The van der Waals surface area contributed by atoms with Crippen LogP contribution in [0.15, 0.2) is 30.3 Å². The van der Waals surface area contributed by atoms with Gasteiger partial charge in [0.1, 0.15) is 11.7 Å². The molecule has 106 valence electrons. The van der Waals surface area contributed by atoms with Gasteiger partial charge in [-0.3, -0.25) is 0 Å². The minimum atomic E-state index is -1.02. The molecule has 1 heterocycles. The monoisotopic (exact) mass is 266 g/mol. The maximum absolute atomic E-state index is 10.2. The smallest absolute Gasteiger partial charge is 0.163 e. The van der Waals surface area contributed by atoms with Crippen molar-refractivity contribution in [1.29, 1.82) is 0 Å². The first-order valence-corrected chi connectivity index (χ1v) is 6.55. The molecular formula is C15H22O4. The number of rotatable bonds is 4. The summed E-state index contributed by atoms with van der Waals surface area (Å²) in [4.78, 5) is 0. The Balaban J connectivity index is 1.87. The van der Waals surface area contributed by atoms with E-state index >= 15 is 0 Å². The fourth-order valence-electron chi connectivity index (χ4n) is 1.99. The van der Waals surface area contributed by atoms with Gasteiger partial charge in [0, 0.05) is 0 Å². The van der Waals surface area contributed by atoms with Crippen molar-refractivity contribution < 1.29 is 19.3 Å². The average Bonchev–Trinajstić information content (AvgIpc) is 2.35. The Morgan fingerprint density at radius 1 is 1.26 bits per heavy atom. The second kappa shape index (κ2) is 5.59. The number of benzene rings is 1. The Hall–Kier alpha value is -0.940. The highest BCUT2D eigenvalue weighted by molar-refractivity contribution is 5.13. The minimum Gasteiger partial charge on any atom is -0.385 e. The van der Waals surface area contributed by atoms with Gasteiger partial charge < -0.3 is 19.3 Å². The molecule has 4 heteroatoms. The van der Waals surface area contributed by atoms with Crippen LogP contribution in [0.3, 0.4) is 0 Å². The SMILES string of the molecule is CC1(C)OC[C@@](C)(O)[C@@H](COCc2ccccc2)O1. The zero-order valence-corrected chi connectivity index (χ0v) is 11.8. The molecule has 0 aliphatic carbocycles. The molecule has 0 unspecified atom stereocenters. The second-order valence-electron chi connectivity index (χ2n) is 5.65. The quantitative estimate of drug-likeness (QED) is 0.906. The lowest BCUT2D eigenvalue weighted by Gasteiger charge is -2.44. The maximum Gasteiger partial charge on any atom is 0.163 e. The zero-order chi connectivity index (χ0) is 13.9. The van der Waals surface area contributed by atoms with Gasteiger partial charge in [0.25, 0.3) is 0 Å². The van der Waals surface area contributed by atoms with E-state index in [1.165, 1.54) is 0 Å². The summed E-state index contributed by atoms with van der Waals surface area (Å²) in [7, 11) is 0. The summed E-state index contributed by atoms with van der Waals surface area (Å²) in [6, 6.07) is 9.93. The molecule has 0 aromatic heterocycles. The molecule has 0 spiro atoms. The molecule has 0 amide bonds. The molecule has 1 aromatic carbocycles. The maximum atomic E-state index is 10.2. The van der Waals surface area contributed by atoms with Crippen molar-refractivity contribution in [3.8, 4) is 0 Å². The molecular weight excluding hydrogens is 244 g/mol. The van der Waals surface area contributed by atoms with Crippen molar-refractivity contribution in [2.24, 2.45) is 0 Å². The Labute approximate surface area is 114 Å². The van der Waals surface area contributed by atoms with Gasteiger partial charge in [0.05, 0.1) is 19.8 Å². The molecule has 1 aromatic rings. The van der Waals surface area contributed by atoms with Gasteiger partial charge in [-0.2, -0.15) is 0 Å². The molecule has 1 aliphatic rings. The van der Waals surface area contributed by atoms with Gasteiger partial charge in [-0.15, -0.1) is 0 Å². The number of ether oxygens (including phenoxy) is 3. The summed E-state index contributed by atoms with van der Waals surface area (Å²) >= 11 is 0. The Morgan fingerprint density at radius 2 is 1.95 bits per heavy atom. The number of hydrogen-bond acceptors (Lipinski definition) is 4. The summed E-state index contributed by atoms with van der Waals surface area (Å²) in [5.41, 5.74) is 0.0834. The molecule has 19 heavy (non-hydrogen) atoms. The van der Waals surface area contributed by atoms with E-state index in [4.69, 9.17) is 14.2 Å². The first-order valence-electron chi connectivity index (χ1n) is 6.55. The molecule has 1 aliphatic heterocycles. The number of aliphatic hydroxyl groups is 1. The topological polar surface area (TPSA) is 47.9 Å². The van der Waals surface area contributed by atoms with E-state index in [-0.39, 0.29) is 12.7 Å². The lowest BCUT2D eigenvalue weighted by Crippen LogP contribution is -2.57. The van der Waals surface area contributed by atoms with Gasteiger partial charge >= 0.3 is 0 Å². The van der Waals surface area contributed by atoms with Crippen LogP contribution in [0, 0.1) is 0 Å². The summed E-state index contributed by atoms with van der Waals surface area (Å²) in [6.07, 6.45) is -0.389. The Kier molecular flexibility index (Phi) is 4.26. The molecule has 2 atom stereocenters. The molecule has 1 fully saturated rings. The largest absolute Gasteiger partial charge is 0.385 e. The van der Waals surface area contributed by atoms with E-state index in [9.17, 15) is 5.11 Å². The van der Waals surface area contributed by atoms with E-state index in [2.05, 4.69) is 0 Å².